The highest BCUT2D eigenvalue weighted by Gasteiger charge is 2.19. The standard InChI is InChI=1S/C21H33N5O.HI/c1-16-5-4-6-19-17(15-24-20(16)19)7-10-23-21(22-2)25-18-8-11-26(12-9-18)13-14-27-3;/h4-6,15,18,24H,7-14H2,1-3H3,(H2,22,23,25);1H. The monoisotopic (exact) mass is 499 g/mol. The normalized spacial score (nSPS) is 16.2. The summed E-state index contributed by atoms with van der Waals surface area (Å²) in [5, 5.41) is 8.38. The van der Waals surface area contributed by atoms with Crippen molar-refractivity contribution in [3.8, 4) is 0 Å². The summed E-state index contributed by atoms with van der Waals surface area (Å²) in [6.07, 6.45) is 5.39. The number of benzene rings is 1. The molecule has 0 spiro atoms. The average Bonchev–Trinajstić information content (AvgIpc) is 3.11. The number of piperidine rings is 1. The first kappa shape index (κ1) is 23.0. The number of aryl methyl sites for hydroxylation is 1. The first-order valence-electron chi connectivity index (χ1n) is 9.95. The SMILES string of the molecule is CN=C(NCCc1c[nH]c2c(C)cccc12)NC1CCN(CCOC)CC1.I. The van der Waals surface area contributed by atoms with Crippen molar-refractivity contribution in [2.24, 2.45) is 4.99 Å². The van der Waals surface area contributed by atoms with Gasteiger partial charge in [-0.05, 0) is 37.3 Å². The number of fused-ring (bicyclic) bond motifs is 1. The Morgan fingerprint density at radius 3 is 2.82 bits per heavy atom. The largest absolute Gasteiger partial charge is 0.383 e. The predicted octanol–water partition coefficient (Wildman–Crippen LogP) is 2.91. The Morgan fingerprint density at radius 2 is 2.11 bits per heavy atom. The molecule has 0 amide bonds. The summed E-state index contributed by atoms with van der Waals surface area (Å²) >= 11 is 0. The molecule has 7 heteroatoms. The number of ether oxygens (including phenoxy) is 1. The summed E-state index contributed by atoms with van der Waals surface area (Å²) in [7, 11) is 3.61. The Labute approximate surface area is 185 Å². The van der Waals surface area contributed by atoms with Gasteiger partial charge in [-0.15, -0.1) is 24.0 Å². The van der Waals surface area contributed by atoms with Gasteiger partial charge in [0.1, 0.15) is 0 Å². The lowest BCUT2D eigenvalue weighted by Crippen LogP contribution is -2.49. The number of rotatable bonds is 7. The highest BCUT2D eigenvalue weighted by molar-refractivity contribution is 14.0. The lowest BCUT2D eigenvalue weighted by molar-refractivity contribution is 0.128. The number of likely N-dealkylation sites (tertiary alicyclic amines) is 1. The van der Waals surface area contributed by atoms with Gasteiger partial charge in [0, 0.05) is 63.5 Å². The van der Waals surface area contributed by atoms with Crippen LogP contribution in [0.1, 0.15) is 24.0 Å². The number of halogens is 1. The smallest absolute Gasteiger partial charge is 0.191 e. The predicted molar refractivity (Wildman–Crippen MR) is 128 cm³/mol. The maximum absolute atomic E-state index is 5.17. The zero-order valence-electron chi connectivity index (χ0n) is 17.3. The van der Waals surface area contributed by atoms with E-state index < -0.39 is 0 Å². The van der Waals surface area contributed by atoms with Crippen molar-refractivity contribution in [3.05, 3.63) is 35.5 Å². The van der Waals surface area contributed by atoms with Gasteiger partial charge >= 0.3 is 0 Å². The van der Waals surface area contributed by atoms with Crippen molar-refractivity contribution in [1.82, 2.24) is 20.5 Å². The van der Waals surface area contributed by atoms with Gasteiger partial charge in [0.2, 0.25) is 0 Å². The van der Waals surface area contributed by atoms with E-state index in [0.717, 1.165) is 58.0 Å². The van der Waals surface area contributed by atoms with Gasteiger partial charge in [-0.2, -0.15) is 0 Å². The third-order valence-corrected chi connectivity index (χ3v) is 5.46. The van der Waals surface area contributed by atoms with E-state index in [2.05, 4.69) is 56.8 Å². The molecule has 0 radical (unpaired) electrons. The van der Waals surface area contributed by atoms with E-state index in [0.29, 0.717) is 6.04 Å². The Hall–Kier alpha value is -1.32. The number of aromatic nitrogens is 1. The molecular weight excluding hydrogens is 465 g/mol. The minimum Gasteiger partial charge on any atom is -0.383 e. The highest BCUT2D eigenvalue weighted by atomic mass is 127. The Kier molecular flexibility index (Phi) is 9.53. The average molecular weight is 499 g/mol. The number of hydrogen-bond donors (Lipinski definition) is 3. The first-order chi connectivity index (χ1) is 13.2. The van der Waals surface area contributed by atoms with Gasteiger partial charge in [-0.25, -0.2) is 0 Å². The molecule has 0 aliphatic carbocycles. The van der Waals surface area contributed by atoms with Crippen LogP contribution < -0.4 is 10.6 Å². The molecule has 0 bridgehead atoms. The second kappa shape index (κ2) is 11.6. The molecule has 0 atom stereocenters. The second-order valence-electron chi connectivity index (χ2n) is 7.31. The molecule has 1 aliphatic heterocycles. The number of H-pyrrole nitrogens is 1. The van der Waals surface area contributed by atoms with Crippen LogP contribution in [0.2, 0.25) is 0 Å². The van der Waals surface area contributed by atoms with Gasteiger partial charge in [0.25, 0.3) is 0 Å². The number of nitrogens with zero attached hydrogens (tertiary/aromatic N) is 2. The van der Waals surface area contributed by atoms with Crippen LogP contribution in [0, 0.1) is 6.92 Å². The molecule has 1 fully saturated rings. The number of aliphatic imine (C=N–C) groups is 1. The molecule has 28 heavy (non-hydrogen) atoms. The van der Waals surface area contributed by atoms with Gasteiger partial charge in [0.15, 0.2) is 5.96 Å². The summed E-state index contributed by atoms with van der Waals surface area (Å²) in [5.41, 5.74) is 3.89. The van der Waals surface area contributed by atoms with Crippen LogP contribution in [-0.2, 0) is 11.2 Å². The van der Waals surface area contributed by atoms with E-state index in [1.807, 2.05) is 7.05 Å². The van der Waals surface area contributed by atoms with Gasteiger partial charge in [-0.3, -0.25) is 4.99 Å². The Bertz CT molecular complexity index is 752. The maximum Gasteiger partial charge on any atom is 0.191 e. The number of methoxy groups -OCH3 is 1. The fourth-order valence-corrected chi connectivity index (χ4v) is 3.80. The van der Waals surface area contributed by atoms with Gasteiger partial charge in [-0.1, -0.05) is 18.2 Å². The number of aromatic amines is 1. The van der Waals surface area contributed by atoms with E-state index in [1.165, 1.54) is 22.0 Å². The molecule has 3 rings (SSSR count). The lowest BCUT2D eigenvalue weighted by Gasteiger charge is -2.32. The lowest BCUT2D eigenvalue weighted by atomic mass is 10.1. The Balaban J connectivity index is 0.00000280. The first-order valence-corrected chi connectivity index (χ1v) is 9.95. The third-order valence-electron chi connectivity index (χ3n) is 5.46. The fourth-order valence-electron chi connectivity index (χ4n) is 3.80. The van der Waals surface area contributed by atoms with Crippen molar-refractivity contribution >= 4 is 40.8 Å². The molecule has 2 aromatic rings. The van der Waals surface area contributed by atoms with Crippen molar-refractivity contribution in [3.63, 3.8) is 0 Å². The van der Waals surface area contributed by atoms with Crippen molar-refractivity contribution in [1.29, 1.82) is 0 Å². The number of para-hydroxylation sites is 1. The Morgan fingerprint density at radius 1 is 1.32 bits per heavy atom. The van der Waals surface area contributed by atoms with Crippen LogP contribution in [0.25, 0.3) is 10.9 Å². The van der Waals surface area contributed by atoms with E-state index >= 15 is 0 Å². The number of guanidine groups is 1. The molecule has 0 saturated carbocycles. The van der Waals surface area contributed by atoms with Crippen LogP contribution in [0.4, 0.5) is 0 Å². The zero-order valence-corrected chi connectivity index (χ0v) is 19.6. The van der Waals surface area contributed by atoms with E-state index in [9.17, 15) is 0 Å². The summed E-state index contributed by atoms with van der Waals surface area (Å²) < 4.78 is 5.17. The van der Waals surface area contributed by atoms with Crippen molar-refractivity contribution < 1.29 is 4.74 Å². The molecule has 1 aromatic carbocycles. The van der Waals surface area contributed by atoms with Crippen molar-refractivity contribution in [2.45, 2.75) is 32.2 Å². The number of nitrogens with one attached hydrogen (secondary N) is 3. The molecule has 1 saturated heterocycles. The van der Waals surface area contributed by atoms with E-state index in [-0.39, 0.29) is 24.0 Å². The molecular formula is C21H34IN5O. The minimum absolute atomic E-state index is 0. The molecule has 1 aromatic heterocycles. The molecule has 0 unspecified atom stereocenters. The quantitative estimate of drug-likeness (QED) is 0.312. The fraction of sp³-hybridized carbons (Fsp3) is 0.571. The molecule has 1 aliphatic rings. The van der Waals surface area contributed by atoms with Crippen LogP contribution in [0.15, 0.2) is 29.4 Å². The van der Waals surface area contributed by atoms with Crippen LogP contribution in [0.5, 0.6) is 0 Å². The van der Waals surface area contributed by atoms with Gasteiger partial charge in [0.05, 0.1) is 6.61 Å². The van der Waals surface area contributed by atoms with Crippen LogP contribution >= 0.6 is 24.0 Å². The highest BCUT2D eigenvalue weighted by Crippen LogP contribution is 2.21. The van der Waals surface area contributed by atoms with E-state index in [1.54, 1.807) is 7.11 Å². The van der Waals surface area contributed by atoms with E-state index in [4.69, 9.17) is 4.74 Å². The minimum atomic E-state index is 0. The number of hydrogen-bond acceptors (Lipinski definition) is 3. The summed E-state index contributed by atoms with van der Waals surface area (Å²) in [5.74, 6) is 0.904. The van der Waals surface area contributed by atoms with Crippen molar-refractivity contribution in [2.75, 3.05) is 46.9 Å². The van der Waals surface area contributed by atoms with Gasteiger partial charge < -0.3 is 25.3 Å². The zero-order chi connectivity index (χ0) is 19.1. The summed E-state index contributed by atoms with van der Waals surface area (Å²) in [6, 6.07) is 6.96. The molecule has 3 N–H and O–H groups in total. The molecule has 6 nitrogen and oxygen atoms in total. The van der Waals surface area contributed by atoms with Crippen LogP contribution in [-0.4, -0.2) is 68.8 Å². The summed E-state index contributed by atoms with van der Waals surface area (Å²) in [6.45, 7) is 7.09. The topological polar surface area (TPSA) is 64.7 Å². The maximum atomic E-state index is 5.17. The second-order valence-corrected chi connectivity index (χ2v) is 7.31. The molecule has 2 heterocycles. The van der Waals surface area contributed by atoms with Crippen LogP contribution in [0.3, 0.4) is 0 Å². The third kappa shape index (κ3) is 6.09. The molecule has 156 valence electrons. The summed E-state index contributed by atoms with van der Waals surface area (Å²) in [4.78, 5) is 10.3.